The zero-order chi connectivity index (χ0) is 15.8. The number of thiophene rings is 1. The first-order valence-electron chi connectivity index (χ1n) is 8.45. The van der Waals surface area contributed by atoms with Gasteiger partial charge in [-0.15, -0.1) is 23.1 Å². The van der Waals surface area contributed by atoms with E-state index in [0.717, 1.165) is 17.0 Å². The van der Waals surface area contributed by atoms with Crippen LogP contribution in [0.3, 0.4) is 0 Å². The van der Waals surface area contributed by atoms with E-state index in [9.17, 15) is 0 Å². The number of hydrogen-bond acceptors (Lipinski definition) is 5. The molecule has 0 saturated heterocycles. The molecule has 0 amide bonds. The summed E-state index contributed by atoms with van der Waals surface area (Å²) in [5.74, 6) is 0. The van der Waals surface area contributed by atoms with Gasteiger partial charge in [-0.1, -0.05) is 13.3 Å². The predicted octanol–water partition coefficient (Wildman–Crippen LogP) is 5.18. The molecule has 0 atom stereocenters. The fourth-order valence-corrected chi connectivity index (χ4v) is 5.49. The zero-order valence-electron chi connectivity index (χ0n) is 13.7. The van der Waals surface area contributed by atoms with Crippen molar-refractivity contribution >= 4 is 43.5 Å². The van der Waals surface area contributed by atoms with Crippen molar-refractivity contribution in [2.75, 3.05) is 6.26 Å². The molecule has 0 radical (unpaired) electrons. The number of hydrogen-bond donors (Lipinski definition) is 0. The van der Waals surface area contributed by atoms with Crippen LogP contribution in [0.4, 0.5) is 0 Å². The normalized spacial score (nSPS) is 14.5. The van der Waals surface area contributed by atoms with Crippen LogP contribution in [0.25, 0.3) is 20.4 Å². The molecule has 1 aliphatic rings. The molecule has 23 heavy (non-hydrogen) atoms. The van der Waals surface area contributed by atoms with Gasteiger partial charge in [-0.25, -0.2) is 15.0 Å². The van der Waals surface area contributed by atoms with Crippen LogP contribution >= 0.6 is 23.1 Å². The number of rotatable bonds is 4. The Morgan fingerprint density at radius 3 is 2.78 bits per heavy atom. The van der Waals surface area contributed by atoms with E-state index in [-0.39, 0.29) is 0 Å². The van der Waals surface area contributed by atoms with Gasteiger partial charge in [0, 0.05) is 11.1 Å². The lowest BCUT2D eigenvalue weighted by atomic mass is 9.87. The monoisotopic (exact) mass is 343 g/mol. The van der Waals surface area contributed by atoms with Crippen molar-refractivity contribution in [2.24, 2.45) is 0 Å². The van der Waals surface area contributed by atoms with E-state index in [0.29, 0.717) is 0 Å². The Bertz CT molecular complexity index is 870. The van der Waals surface area contributed by atoms with Gasteiger partial charge in [0.25, 0.3) is 0 Å². The first-order chi connectivity index (χ1) is 11.3. The molecular weight excluding hydrogens is 322 g/mol. The van der Waals surface area contributed by atoms with Crippen molar-refractivity contribution in [3.63, 3.8) is 0 Å². The van der Waals surface area contributed by atoms with Gasteiger partial charge in [-0.05, 0) is 55.9 Å². The minimum Gasteiger partial charge on any atom is -0.242 e. The first kappa shape index (κ1) is 15.3. The molecule has 0 bridgehead atoms. The van der Waals surface area contributed by atoms with E-state index in [1.807, 2.05) is 0 Å². The highest BCUT2D eigenvalue weighted by molar-refractivity contribution is 7.98. The molecule has 1 aliphatic carbocycles. The fourth-order valence-electron chi connectivity index (χ4n) is 3.61. The molecule has 0 aliphatic heterocycles. The summed E-state index contributed by atoms with van der Waals surface area (Å²) < 4.78 is 1.21. The number of fused-ring (bicyclic) bond motifs is 5. The quantitative estimate of drug-likeness (QED) is 0.483. The molecule has 4 rings (SSSR count). The topological polar surface area (TPSA) is 38.7 Å². The van der Waals surface area contributed by atoms with Crippen molar-refractivity contribution in [3.05, 3.63) is 23.1 Å². The minimum atomic E-state index is 1.08. The highest BCUT2D eigenvalue weighted by Gasteiger charge is 2.22. The van der Waals surface area contributed by atoms with Crippen molar-refractivity contribution < 1.29 is 0 Å². The lowest BCUT2D eigenvalue weighted by Gasteiger charge is -2.20. The number of thioether (sulfide) groups is 1. The van der Waals surface area contributed by atoms with Crippen LogP contribution in [0.15, 0.2) is 11.4 Å². The number of unbranched alkanes of at least 4 members (excludes halogenated alkanes) is 1. The molecule has 0 fully saturated rings. The number of nitrogens with zero attached hydrogens (tertiary/aromatic N) is 3. The highest BCUT2D eigenvalue weighted by atomic mass is 32.2. The van der Waals surface area contributed by atoms with Gasteiger partial charge in [0.15, 0.2) is 0 Å². The van der Waals surface area contributed by atoms with Gasteiger partial charge in [-0.2, -0.15) is 0 Å². The molecule has 0 spiro atoms. The summed E-state index contributed by atoms with van der Waals surface area (Å²) in [4.78, 5) is 15.3. The molecule has 0 unspecified atom stereocenters. The molecule has 3 aromatic rings. The van der Waals surface area contributed by atoms with Crippen molar-refractivity contribution in [2.45, 2.75) is 56.9 Å². The van der Waals surface area contributed by atoms with Crippen LogP contribution in [0.5, 0.6) is 0 Å². The minimum absolute atomic E-state index is 1.08. The smallest absolute Gasteiger partial charge is 0.126 e. The Morgan fingerprint density at radius 1 is 1.17 bits per heavy atom. The Hall–Kier alpha value is -1.20. The summed E-state index contributed by atoms with van der Waals surface area (Å²) in [6.45, 7) is 2.25. The molecule has 3 aromatic heterocycles. The lowest BCUT2D eigenvalue weighted by molar-refractivity contribution is 0.670. The summed E-state index contributed by atoms with van der Waals surface area (Å²) in [6.07, 6.45) is 12.3. The number of aryl methyl sites for hydroxylation is 2. The average Bonchev–Trinajstić information content (AvgIpc) is 2.98. The van der Waals surface area contributed by atoms with Crippen LogP contribution in [-0.4, -0.2) is 21.2 Å². The van der Waals surface area contributed by atoms with E-state index in [1.165, 1.54) is 70.3 Å². The predicted molar refractivity (Wildman–Crippen MR) is 99.8 cm³/mol. The summed E-state index contributed by atoms with van der Waals surface area (Å²) in [7, 11) is 0. The van der Waals surface area contributed by atoms with Gasteiger partial charge in [0.2, 0.25) is 0 Å². The Kier molecular flexibility index (Phi) is 4.24. The second-order valence-corrected chi connectivity index (χ2v) is 7.96. The maximum absolute atomic E-state index is 5.08. The van der Waals surface area contributed by atoms with Crippen LogP contribution in [0, 0.1) is 0 Å². The van der Waals surface area contributed by atoms with Crippen LogP contribution in [0.1, 0.15) is 49.4 Å². The SMILES string of the molecule is CCCCc1nc2sc3c(SC)ncnc3c2c2c1CCCC2. The molecule has 0 saturated carbocycles. The highest BCUT2D eigenvalue weighted by Crippen LogP contribution is 2.41. The van der Waals surface area contributed by atoms with E-state index in [2.05, 4.69) is 23.1 Å². The summed E-state index contributed by atoms with van der Waals surface area (Å²) in [6, 6.07) is 0. The van der Waals surface area contributed by atoms with Crippen LogP contribution in [0.2, 0.25) is 0 Å². The second-order valence-electron chi connectivity index (χ2n) is 6.17. The van der Waals surface area contributed by atoms with Crippen molar-refractivity contribution in [1.29, 1.82) is 0 Å². The maximum Gasteiger partial charge on any atom is 0.126 e. The molecule has 3 heterocycles. The average molecular weight is 344 g/mol. The maximum atomic E-state index is 5.08. The van der Waals surface area contributed by atoms with Gasteiger partial charge >= 0.3 is 0 Å². The molecule has 120 valence electrons. The van der Waals surface area contributed by atoms with Crippen LogP contribution in [-0.2, 0) is 19.3 Å². The van der Waals surface area contributed by atoms with Crippen LogP contribution < -0.4 is 0 Å². The third-order valence-corrected chi connectivity index (χ3v) is 6.64. The zero-order valence-corrected chi connectivity index (χ0v) is 15.3. The summed E-state index contributed by atoms with van der Waals surface area (Å²) in [5, 5.41) is 2.40. The van der Waals surface area contributed by atoms with E-state index in [4.69, 9.17) is 4.98 Å². The Morgan fingerprint density at radius 2 is 2.00 bits per heavy atom. The van der Waals surface area contributed by atoms with Gasteiger partial charge in [0.1, 0.15) is 16.2 Å². The summed E-state index contributed by atoms with van der Waals surface area (Å²) >= 11 is 3.48. The largest absolute Gasteiger partial charge is 0.242 e. The van der Waals surface area contributed by atoms with Gasteiger partial charge in [0.05, 0.1) is 10.2 Å². The van der Waals surface area contributed by atoms with Gasteiger partial charge < -0.3 is 0 Å². The third-order valence-electron chi connectivity index (χ3n) is 4.74. The molecule has 3 nitrogen and oxygen atoms in total. The number of aromatic nitrogens is 3. The van der Waals surface area contributed by atoms with E-state index in [1.54, 1.807) is 29.4 Å². The lowest BCUT2D eigenvalue weighted by Crippen LogP contribution is -2.09. The number of pyridine rings is 1. The Labute approximate surface area is 144 Å². The molecule has 5 heteroatoms. The second kappa shape index (κ2) is 6.36. The first-order valence-corrected chi connectivity index (χ1v) is 10.5. The molecular formula is C18H21N3S2. The van der Waals surface area contributed by atoms with E-state index >= 15 is 0 Å². The van der Waals surface area contributed by atoms with Crippen molar-refractivity contribution in [1.82, 2.24) is 15.0 Å². The molecule has 0 aromatic carbocycles. The third kappa shape index (κ3) is 2.54. The summed E-state index contributed by atoms with van der Waals surface area (Å²) in [5.41, 5.74) is 5.53. The fraction of sp³-hybridized carbons (Fsp3) is 0.500. The van der Waals surface area contributed by atoms with Gasteiger partial charge in [-0.3, -0.25) is 0 Å². The van der Waals surface area contributed by atoms with E-state index < -0.39 is 0 Å². The standard InChI is InChI=1S/C18H21N3S2/c1-3-4-9-13-11-7-5-6-8-12(11)14-15-16(23-17(14)21-13)18(22-2)20-10-19-15/h10H,3-9H2,1-2H3. The van der Waals surface area contributed by atoms with Crippen molar-refractivity contribution in [3.8, 4) is 0 Å². The molecule has 0 N–H and O–H groups in total. The Balaban J connectivity index is 2.03.